The summed E-state index contributed by atoms with van der Waals surface area (Å²) in [6.07, 6.45) is 8.79. The lowest BCUT2D eigenvalue weighted by molar-refractivity contribution is -0.169. The number of aromatic hydroxyl groups is 1. The summed E-state index contributed by atoms with van der Waals surface area (Å²) in [7, 11) is 2.17. The molecule has 4 heterocycles. The number of thiophene rings is 2. The van der Waals surface area contributed by atoms with Gasteiger partial charge in [0.15, 0.2) is 0 Å². The highest BCUT2D eigenvalue weighted by Gasteiger charge is 2.45. The maximum absolute atomic E-state index is 13.6. The van der Waals surface area contributed by atoms with Gasteiger partial charge >= 0.3 is 5.97 Å². The summed E-state index contributed by atoms with van der Waals surface area (Å²) in [4.78, 5) is 18.2. The number of nitrogens with zero attached hydrogens (tertiary/aromatic N) is 4. The maximum atomic E-state index is 13.6. The molecule has 0 radical (unpaired) electrons. The van der Waals surface area contributed by atoms with E-state index in [0.717, 1.165) is 80.4 Å². The molecular weight excluding hydrogens is 749 g/mol. The number of aliphatic hydroxyl groups excluding tert-OH is 2. The molecule has 3 atom stereocenters. The maximum Gasteiger partial charge on any atom is 0.349 e. The molecule has 2 aliphatic carbocycles. The fraction of sp³-hybridized carbons (Fsp3) is 0.452. The molecule has 2 aromatic carbocycles. The van der Waals surface area contributed by atoms with Crippen molar-refractivity contribution in [2.45, 2.75) is 101 Å². The molecule has 56 heavy (non-hydrogen) atoms. The molecule has 1 fully saturated rings. The van der Waals surface area contributed by atoms with Gasteiger partial charge in [-0.25, -0.2) is 9.48 Å². The number of carbonyl (C=O) groups is 1. The first-order valence-corrected chi connectivity index (χ1v) is 21.3. The van der Waals surface area contributed by atoms with Crippen LogP contribution >= 0.6 is 22.7 Å². The number of phenols is 1. The zero-order valence-corrected chi connectivity index (χ0v) is 33.4. The Bertz CT molecular complexity index is 2210. The highest BCUT2D eigenvalue weighted by atomic mass is 32.1. The number of nitrogens with one attached hydrogen (secondary N) is 2. The summed E-state index contributed by atoms with van der Waals surface area (Å²) in [6.45, 7) is 4.56. The molecule has 3 aromatic heterocycles. The number of rotatable bonds is 14. The van der Waals surface area contributed by atoms with E-state index in [9.17, 15) is 25.2 Å². The normalized spacial score (nSPS) is 20.8. The van der Waals surface area contributed by atoms with Gasteiger partial charge in [0, 0.05) is 36.1 Å². The largest absolute Gasteiger partial charge is 0.506 e. The van der Waals surface area contributed by atoms with Crippen LogP contribution in [0.5, 0.6) is 5.75 Å². The van der Waals surface area contributed by atoms with Gasteiger partial charge < -0.3 is 40.7 Å². The SMILES string of the molecule is Cc1ccc([C@@](O)(C(=O)O[C@H]2CC[C@H](N(C)CCCn3nnc4cc(CNC[C@H](O)c5ccc(O)c6c5C=CC(O)N6)c5c(c43)CCC5)CC2)c2cccs2)s1. The number of anilines is 1. The molecule has 3 aliphatic rings. The van der Waals surface area contributed by atoms with E-state index in [1.807, 2.05) is 30.5 Å². The first kappa shape index (κ1) is 38.7. The molecule has 5 aromatic rings. The second-order valence-corrected chi connectivity index (χ2v) is 17.6. The number of ether oxygens (including phenoxy) is 1. The van der Waals surface area contributed by atoms with Crippen LogP contribution < -0.4 is 10.6 Å². The number of aryl methyl sites for hydroxylation is 3. The minimum absolute atomic E-state index is 0.0292. The Balaban J connectivity index is 0.837. The molecule has 6 N–H and O–H groups in total. The van der Waals surface area contributed by atoms with Crippen LogP contribution in [0.2, 0.25) is 0 Å². The molecule has 1 saturated carbocycles. The second kappa shape index (κ2) is 16.4. The van der Waals surface area contributed by atoms with Gasteiger partial charge in [-0.3, -0.25) is 0 Å². The van der Waals surface area contributed by atoms with Crippen molar-refractivity contribution in [1.29, 1.82) is 0 Å². The topological polar surface area (TPSA) is 165 Å². The fourth-order valence-corrected chi connectivity index (χ4v) is 10.5. The van der Waals surface area contributed by atoms with Gasteiger partial charge in [0.1, 0.15) is 23.6 Å². The van der Waals surface area contributed by atoms with E-state index in [1.165, 1.54) is 45.4 Å². The smallest absolute Gasteiger partial charge is 0.349 e. The van der Waals surface area contributed by atoms with E-state index in [4.69, 9.17) is 4.74 Å². The molecule has 14 heteroatoms. The highest BCUT2D eigenvalue weighted by molar-refractivity contribution is 7.13. The first-order valence-electron chi connectivity index (χ1n) is 19.6. The molecule has 0 amide bonds. The van der Waals surface area contributed by atoms with E-state index >= 15 is 0 Å². The van der Waals surface area contributed by atoms with Crippen LogP contribution in [0, 0.1) is 6.92 Å². The molecule has 0 spiro atoms. The standard InChI is InChI=1S/C42H50N6O6S2/c1-25-9-17-37(56-25)42(53,36-8-4-21-55-36)41(52)54-28-12-10-27(11-13-28)47(2)19-5-20-48-40-32-7-3-6-29(32)26(22-33(40)45-46-48)23-43-24-35(50)30-14-16-34(49)39-31(30)15-18-38(51)44-39/h4,8-9,14-18,21-22,27-28,35,38,43-44,49-51,53H,3,5-7,10-13,19-20,23-24H2,1-2H3/t27-,28-,35-,38?,42+/m0/s1. The number of fused-ring (bicyclic) bond motifs is 4. The predicted octanol–water partition coefficient (Wildman–Crippen LogP) is 5.75. The van der Waals surface area contributed by atoms with Crippen LogP contribution in [0.3, 0.4) is 0 Å². The summed E-state index contributed by atoms with van der Waals surface area (Å²) in [5.41, 5.74) is 5.86. The van der Waals surface area contributed by atoms with E-state index in [2.05, 4.69) is 43.6 Å². The molecule has 296 valence electrons. The Hall–Kier alpha value is -4.15. The number of benzene rings is 2. The third-order valence-electron chi connectivity index (χ3n) is 11.7. The van der Waals surface area contributed by atoms with Crippen LogP contribution in [0.25, 0.3) is 17.1 Å². The predicted molar refractivity (Wildman–Crippen MR) is 219 cm³/mol. The summed E-state index contributed by atoms with van der Waals surface area (Å²) in [5.74, 6) is -0.559. The van der Waals surface area contributed by atoms with Gasteiger partial charge in [-0.15, -0.1) is 27.8 Å². The van der Waals surface area contributed by atoms with Crippen LogP contribution in [-0.2, 0) is 41.1 Å². The Kier molecular flexibility index (Phi) is 11.3. The van der Waals surface area contributed by atoms with E-state index < -0.39 is 23.9 Å². The number of phenolic OH excluding ortho intramolecular Hbond substituents is 1. The molecule has 8 rings (SSSR count). The van der Waals surface area contributed by atoms with Gasteiger partial charge in [0.05, 0.1) is 27.1 Å². The lowest BCUT2D eigenvalue weighted by atomic mass is 9.91. The van der Waals surface area contributed by atoms with Crippen molar-refractivity contribution >= 4 is 51.4 Å². The lowest BCUT2D eigenvalue weighted by Gasteiger charge is -2.35. The zero-order chi connectivity index (χ0) is 39.0. The number of esters is 1. The Morgan fingerprint density at radius 3 is 2.73 bits per heavy atom. The van der Waals surface area contributed by atoms with E-state index in [0.29, 0.717) is 45.7 Å². The molecule has 0 saturated heterocycles. The molecule has 1 aliphatic heterocycles. The lowest BCUT2D eigenvalue weighted by Crippen LogP contribution is -2.42. The number of aliphatic hydroxyl groups is 3. The number of carbonyl (C=O) groups excluding carboxylic acids is 1. The fourth-order valence-electron chi connectivity index (χ4n) is 8.67. The number of aromatic nitrogens is 3. The summed E-state index contributed by atoms with van der Waals surface area (Å²) < 4.78 is 8.09. The minimum Gasteiger partial charge on any atom is -0.506 e. The van der Waals surface area contributed by atoms with E-state index in [-0.39, 0.29) is 11.9 Å². The van der Waals surface area contributed by atoms with Gasteiger partial charge in [0.2, 0.25) is 5.60 Å². The Morgan fingerprint density at radius 2 is 1.96 bits per heavy atom. The minimum atomic E-state index is -1.78. The van der Waals surface area contributed by atoms with Crippen LogP contribution in [-0.4, -0.2) is 84.8 Å². The van der Waals surface area contributed by atoms with Crippen molar-refractivity contribution < 1.29 is 30.0 Å². The first-order chi connectivity index (χ1) is 27.1. The van der Waals surface area contributed by atoms with E-state index in [1.54, 1.807) is 24.3 Å². The van der Waals surface area contributed by atoms with Gasteiger partial charge in [0.25, 0.3) is 0 Å². The molecule has 0 bridgehead atoms. The van der Waals surface area contributed by atoms with Gasteiger partial charge in [-0.2, -0.15) is 0 Å². The van der Waals surface area contributed by atoms with Crippen molar-refractivity contribution in [3.8, 4) is 5.75 Å². The average molecular weight is 799 g/mol. The quantitative estimate of drug-likeness (QED) is 0.0599. The van der Waals surface area contributed by atoms with Crippen LogP contribution in [0.1, 0.15) is 87.1 Å². The molecule has 12 nitrogen and oxygen atoms in total. The number of hydrogen-bond acceptors (Lipinski definition) is 13. The van der Waals surface area contributed by atoms with Gasteiger partial charge in [-0.05, 0) is 136 Å². The summed E-state index contributed by atoms with van der Waals surface area (Å²) >= 11 is 2.79. The summed E-state index contributed by atoms with van der Waals surface area (Å²) in [6, 6.07) is 13.2. The monoisotopic (exact) mass is 798 g/mol. The van der Waals surface area contributed by atoms with Crippen molar-refractivity contribution in [3.05, 3.63) is 96.4 Å². The van der Waals surface area contributed by atoms with Crippen LogP contribution in [0.15, 0.2) is 53.9 Å². The number of hydrogen-bond donors (Lipinski definition) is 6. The van der Waals surface area contributed by atoms with Crippen molar-refractivity contribution in [2.75, 3.05) is 25.5 Å². The molecular formula is C42H50N6O6S2. The Morgan fingerprint density at radius 1 is 1.14 bits per heavy atom. The highest BCUT2D eigenvalue weighted by Crippen LogP contribution is 2.40. The average Bonchev–Trinajstić information content (AvgIpc) is 4.03. The van der Waals surface area contributed by atoms with Gasteiger partial charge in [-0.1, -0.05) is 23.4 Å². The molecule has 1 unspecified atom stereocenters. The summed E-state index contributed by atoms with van der Waals surface area (Å²) in [5, 5.41) is 60.4. The third kappa shape index (κ3) is 7.63. The van der Waals surface area contributed by atoms with Crippen molar-refractivity contribution in [3.63, 3.8) is 0 Å². The van der Waals surface area contributed by atoms with Crippen molar-refractivity contribution in [1.82, 2.24) is 25.2 Å². The Labute approximate surface area is 334 Å². The van der Waals surface area contributed by atoms with Crippen molar-refractivity contribution in [2.24, 2.45) is 0 Å². The van der Waals surface area contributed by atoms with Crippen LogP contribution in [0.4, 0.5) is 5.69 Å². The second-order valence-electron chi connectivity index (χ2n) is 15.4. The zero-order valence-electron chi connectivity index (χ0n) is 31.8. The third-order valence-corrected chi connectivity index (χ3v) is 13.7.